The first-order chi connectivity index (χ1) is 4.75. The van der Waals surface area contributed by atoms with Crippen molar-refractivity contribution in [3.8, 4) is 0 Å². The fraction of sp³-hybridized carbons (Fsp3) is 0.714. The predicted molar refractivity (Wildman–Crippen MR) is 34.9 cm³/mol. The van der Waals surface area contributed by atoms with Crippen LogP contribution in [0.5, 0.6) is 0 Å². The Hall–Kier alpha value is -0.540. The Morgan fingerprint density at radius 3 is 1.64 bits per heavy atom. The fourth-order valence-corrected chi connectivity index (χ4v) is 0.521. The molecule has 66 valence electrons. The maximum atomic E-state index is 12.5. The maximum Gasteiger partial charge on any atom is 0.328 e. The molecule has 4 heteroatoms. The molecule has 11 heavy (non-hydrogen) atoms. The van der Waals surface area contributed by atoms with Crippen LogP contribution in [0.15, 0.2) is 12.7 Å². The summed E-state index contributed by atoms with van der Waals surface area (Å²) in [5.74, 6) is -9.51. The number of hydrogen-bond acceptors (Lipinski definition) is 0. The zero-order chi connectivity index (χ0) is 9.28. The topological polar surface area (TPSA) is 0 Å². The van der Waals surface area contributed by atoms with Crippen molar-refractivity contribution in [1.82, 2.24) is 0 Å². The number of hydrogen-bond donors (Lipinski definition) is 0. The molecule has 0 amide bonds. The van der Waals surface area contributed by atoms with Gasteiger partial charge in [-0.15, -0.1) is 0 Å². The third-order valence-electron chi connectivity index (χ3n) is 1.43. The third kappa shape index (κ3) is 1.73. The summed E-state index contributed by atoms with van der Waals surface area (Å²) in [5.41, 5.74) is 0. The molecule has 0 aromatic heterocycles. The zero-order valence-electron chi connectivity index (χ0n) is 6.37. The Balaban J connectivity index is 4.66. The van der Waals surface area contributed by atoms with Crippen LogP contribution in [0.1, 0.15) is 13.8 Å². The Labute approximate surface area is 62.9 Å². The molecule has 0 saturated carbocycles. The van der Waals surface area contributed by atoms with E-state index in [9.17, 15) is 17.6 Å². The van der Waals surface area contributed by atoms with Gasteiger partial charge in [-0.25, -0.2) is 0 Å². The minimum absolute atomic E-state index is 0.0208. The molecule has 0 N–H and O–H groups in total. The van der Waals surface area contributed by atoms with Crippen molar-refractivity contribution >= 4 is 0 Å². The van der Waals surface area contributed by atoms with Gasteiger partial charge in [0.15, 0.2) is 0 Å². The second-order valence-electron chi connectivity index (χ2n) is 2.60. The van der Waals surface area contributed by atoms with Gasteiger partial charge in [0.05, 0.1) is 0 Å². The van der Waals surface area contributed by atoms with Gasteiger partial charge >= 0.3 is 11.8 Å². The first kappa shape index (κ1) is 10.5. The van der Waals surface area contributed by atoms with Crippen LogP contribution in [-0.2, 0) is 0 Å². The van der Waals surface area contributed by atoms with Gasteiger partial charge in [-0.1, -0.05) is 20.4 Å². The molecule has 0 aliphatic carbocycles. The summed E-state index contributed by atoms with van der Waals surface area (Å²) in [5, 5.41) is 0. The molecule has 0 atom stereocenters. The van der Waals surface area contributed by atoms with E-state index in [2.05, 4.69) is 6.58 Å². The van der Waals surface area contributed by atoms with Gasteiger partial charge in [-0.2, -0.15) is 17.6 Å². The quantitative estimate of drug-likeness (QED) is 0.451. The van der Waals surface area contributed by atoms with Crippen molar-refractivity contribution in [2.24, 2.45) is 5.92 Å². The molecule has 0 spiro atoms. The second-order valence-corrected chi connectivity index (χ2v) is 2.60. The van der Waals surface area contributed by atoms with E-state index < -0.39 is 17.8 Å². The van der Waals surface area contributed by atoms with Gasteiger partial charge in [0, 0.05) is 5.92 Å². The average molecular weight is 170 g/mol. The highest BCUT2D eigenvalue weighted by Gasteiger charge is 2.55. The molecule has 0 fully saturated rings. The molecular weight excluding hydrogens is 160 g/mol. The van der Waals surface area contributed by atoms with E-state index in [1.807, 2.05) is 0 Å². The average Bonchev–Trinajstić information content (AvgIpc) is 1.87. The predicted octanol–water partition coefficient (Wildman–Crippen LogP) is 3.10. The Morgan fingerprint density at radius 1 is 1.18 bits per heavy atom. The van der Waals surface area contributed by atoms with E-state index >= 15 is 0 Å². The summed E-state index contributed by atoms with van der Waals surface area (Å²) >= 11 is 0. The number of alkyl halides is 4. The van der Waals surface area contributed by atoms with Crippen molar-refractivity contribution in [3.63, 3.8) is 0 Å². The van der Waals surface area contributed by atoms with E-state index in [1.54, 1.807) is 0 Å². The lowest BCUT2D eigenvalue weighted by molar-refractivity contribution is -0.203. The molecule has 0 saturated heterocycles. The monoisotopic (exact) mass is 170 g/mol. The summed E-state index contributed by atoms with van der Waals surface area (Å²) in [7, 11) is 0. The van der Waals surface area contributed by atoms with Crippen LogP contribution in [0.3, 0.4) is 0 Å². The fourth-order valence-electron chi connectivity index (χ4n) is 0.521. The summed E-state index contributed by atoms with van der Waals surface area (Å²) in [6.45, 7) is 4.73. The van der Waals surface area contributed by atoms with Crippen LogP contribution >= 0.6 is 0 Å². The molecule has 0 aliphatic heterocycles. The molecule has 0 aliphatic rings. The van der Waals surface area contributed by atoms with E-state index in [4.69, 9.17) is 0 Å². The Morgan fingerprint density at radius 2 is 1.55 bits per heavy atom. The van der Waals surface area contributed by atoms with Crippen LogP contribution in [-0.4, -0.2) is 11.8 Å². The van der Waals surface area contributed by atoms with Crippen LogP contribution in [0, 0.1) is 5.92 Å². The summed E-state index contributed by atoms with van der Waals surface area (Å²) < 4.78 is 49.6. The molecule has 0 unspecified atom stereocenters. The van der Waals surface area contributed by atoms with Crippen molar-refractivity contribution in [1.29, 1.82) is 0 Å². The van der Waals surface area contributed by atoms with Crippen LogP contribution in [0.2, 0.25) is 0 Å². The molecule has 0 aromatic rings. The third-order valence-corrected chi connectivity index (χ3v) is 1.43. The van der Waals surface area contributed by atoms with Crippen molar-refractivity contribution < 1.29 is 17.6 Å². The first-order valence-corrected chi connectivity index (χ1v) is 3.15. The number of rotatable bonds is 3. The highest BCUT2D eigenvalue weighted by molar-refractivity contribution is 4.99. The lowest BCUT2D eigenvalue weighted by Crippen LogP contribution is -2.42. The van der Waals surface area contributed by atoms with E-state index in [0.29, 0.717) is 0 Å². The second kappa shape index (κ2) is 2.83. The molecular formula is C7H10F4. The number of halogens is 4. The highest BCUT2D eigenvalue weighted by Crippen LogP contribution is 2.40. The Kier molecular flexibility index (Phi) is 2.69. The van der Waals surface area contributed by atoms with Crippen molar-refractivity contribution in [2.45, 2.75) is 25.7 Å². The normalized spacial score (nSPS) is 13.7. The van der Waals surface area contributed by atoms with E-state index in [1.165, 1.54) is 0 Å². The highest BCUT2D eigenvalue weighted by atomic mass is 19.3. The van der Waals surface area contributed by atoms with Gasteiger partial charge in [0.25, 0.3) is 0 Å². The maximum absolute atomic E-state index is 12.5. The van der Waals surface area contributed by atoms with Gasteiger partial charge < -0.3 is 0 Å². The molecule has 0 nitrogen and oxygen atoms in total. The lowest BCUT2D eigenvalue weighted by atomic mass is 10.00. The van der Waals surface area contributed by atoms with Gasteiger partial charge in [0.2, 0.25) is 0 Å². The first-order valence-electron chi connectivity index (χ1n) is 3.15. The number of allylic oxidation sites excluding steroid dienone is 1. The Bertz CT molecular complexity index is 149. The van der Waals surface area contributed by atoms with E-state index in [-0.39, 0.29) is 6.08 Å². The van der Waals surface area contributed by atoms with Crippen LogP contribution in [0.4, 0.5) is 17.6 Å². The van der Waals surface area contributed by atoms with Crippen LogP contribution < -0.4 is 0 Å². The molecule has 0 aromatic carbocycles. The standard InChI is InChI=1S/C7H10F4/c1-4-6(8,9)7(10,11)5(2)3/h4-5H,1H2,2-3H3. The molecule has 0 bridgehead atoms. The summed E-state index contributed by atoms with van der Waals surface area (Å²) in [6, 6.07) is 0. The minimum Gasteiger partial charge on any atom is -0.199 e. The van der Waals surface area contributed by atoms with Gasteiger partial charge in [-0.3, -0.25) is 0 Å². The van der Waals surface area contributed by atoms with E-state index in [0.717, 1.165) is 13.8 Å². The largest absolute Gasteiger partial charge is 0.328 e. The van der Waals surface area contributed by atoms with Gasteiger partial charge in [0.1, 0.15) is 0 Å². The SMILES string of the molecule is C=CC(F)(F)C(F)(F)C(C)C. The molecule has 0 heterocycles. The minimum atomic E-state index is -4.11. The summed E-state index contributed by atoms with van der Waals surface area (Å²) in [4.78, 5) is 0. The molecule has 0 rings (SSSR count). The van der Waals surface area contributed by atoms with Crippen molar-refractivity contribution in [2.75, 3.05) is 0 Å². The lowest BCUT2D eigenvalue weighted by Gasteiger charge is -2.26. The summed E-state index contributed by atoms with van der Waals surface area (Å²) in [6.07, 6.45) is -0.0208. The van der Waals surface area contributed by atoms with Crippen molar-refractivity contribution in [3.05, 3.63) is 12.7 Å². The zero-order valence-corrected chi connectivity index (χ0v) is 6.37. The smallest absolute Gasteiger partial charge is 0.199 e. The molecule has 0 radical (unpaired) electrons. The van der Waals surface area contributed by atoms with Crippen LogP contribution in [0.25, 0.3) is 0 Å². The van der Waals surface area contributed by atoms with Gasteiger partial charge in [-0.05, 0) is 6.08 Å².